The van der Waals surface area contributed by atoms with Gasteiger partial charge >= 0.3 is 0 Å². The summed E-state index contributed by atoms with van der Waals surface area (Å²) in [5, 5.41) is 3.26. The number of aryl methyl sites for hydroxylation is 1. The molecule has 1 unspecified atom stereocenters. The van der Waals surface area contributed by atoms with Crippen LogP contribution in [0.25, 0.3) is 0 Å². The van der Waals surface area contributed by atoms with Crippen LogP contribution < -0.4 is 10.2 Å². The average Bonchev–Trinajstić information content (AvgIpc) is 2.75. The maximum Gasteiger partial charge on any atom is 0.233 e. The number of nitrogens with one attached hydrogen (secondary N) is 1. The minimum absolute atomic E-state index is 0. The third-order valence-electron chi connectivity index (χ3n) is 3.58. The monoisotopic (exact) mass is 268 g/mol. The van der Waals surface area contributed by atoms with Gasteiger partial charge in [-0.3, -0.25) is 4.79 Å². The Kier molecular flexibility index (Phi) is 4.77. The minimum atomic E-state index is -0.251. The molecule has 1 heterocycles. The molecule has 3 nitrogen and oxygen atoms in total. The standard InChI is InChI=1S/C14H20N2O.ClH/c1-11-5-4-6-12(9-11)16(3)13(17)14(2)7-8-15-10-14;/h4-6,9,15H,7-8,10H2,1-3H3;1H. The highest BCUT2D eigenvalue weighted by Gasteiger charge is 2.38. The van der Waals surface area contributed by atoms with Crippen LogP contribution in [0.1, 0.15) is 18.9 Å². The van der Waals surface area contributed by atoms with Crippen molar-refractivity contribution in [1.82, 2.24) is 5.32 Å². The summed E-state index contributed by atoms with van der Waals surface area (Å²) in [4.78, 5) is 14.2. The first-order valence-electron chi connectivity index (χ1n) is 6.08. The van der Waals surface area contributed by atoms with Crippen molar-refractivity contribution in [2.45, 2.75) is 20.3 Å². The second kappa shape index (κ2) is 5.72. The van der Waals surface area contributed by atoms with E-state index < -0.39 is 0 Å². The van der Waals surface area contributed by atoms with Gasteiger partial charge in [-0.05, 0) is 44.5 Å². The molecule has 1 amide bonds. The molecule has 100 valence electrons. The molecule has 0 spiro atoms. The summed E-state index contributed by atoms with van der Waals surface area (Å²) in [6.07, 6.45) is 0.919. The Morgan fingerprint density at radius 1 is 1.44 bits per heavy atom. The minimum Gasteiger partial charge on any atom is -0.316 e. The summed E-state index contributed by atoms with van der Waals surface area (Å²) in [6.45, 7) is 5.80. The van der Waals surface area contributed by atoms with Crippen molar-refractivity contribution in [3.05, 3.63) is 29.8 Å². The van der Waals surface area contributed by atoms with Crippen molar-refractivity contribution < 1.29 is 4.79 Å². The number of carbonyl (C=O) groups is 1. The highest BCUT2D eigenvalue weighted by molar-refractivity contribution is 5.97. The number of hydrogen-bond donors (Lipinski definition) is 1. The molecule has 1 N–H and O–H groups in total. The third-order valence-corrected chi connectivity index (χ3v) is 3.58. The lowest BCUT2D eigenvalue weighted by Gasteiger charge is -2.28. The zero-order valence-electron chi connectivity index (χ0n) is 11.2. The summed E-state index contributed by atoms with van der Waals surface area (Å²) in [6, 6.07) is 8.06. The second-order valence-corrected chi connectivity index (χ2v) is 5.19. The van der Waals surface area contributed by atoms with Gasteiger partial charge in [0.2, 0.25) is 5.91 Å². The maximum atomic E-state index is 12.5. The molecule has 1 aromatic rings. The molecule has 1 saturated heterocycles. The number of amides is 1. The molecule has 0 bridgehead atoms. The van der Waals surface area contributed by atoms with Gasteiger partial charge in [0.05, 0.1) is 5.41 Å². The normalized spacial score (nSPS) is 22.4. The number of anilines is 1. The first-order chi connectivity index (χ1) is 8.03. The largest absolute Gasteiger partial charge is 0.316 e. The molecule has 1 aliphatic rings. The van der Waals surface area contributed by atoms with Gasteiger partial charge in [0.25, 0.3) is 0 Å². The molecule has 0 aromatic heterocycles. The van der Waals surface area contributed by atoms with E-state index in [-0.39, 0.29) is 23.7 Å². The molecular formula is C14H21ClN2O. The third kappa shape index (κ3) is 2.85. The fourth-order valence-corrected chi connectivity index (χ4v) is 2.36. The van der Waals surface area contributed by atoms with Crippen molar-refractivity contribution in [2.24, 2.45) is 5.41 Å². The van der Waals surface area contributed by atoms with Crippen LogP contribution in [0, 0.1) is 12.3 Å². The van der Waals surface area contributed by atoms with Gasteiger partial charge in [-0.15, -0.1) is 12.4 Å². The van der Waals surface area contributed by atoms with Crippen LogP contribution in [-0.4, -0.2) is 26.0 Å². The molecule has 18 heavy (non-hydrogen) atoms. The van der Waals surface area contributed by atoms with Gasteiger partial charge in [-0.25, -0.2) is 0 Å². The van der Waals surface area contributed by atoms with Gasteiger partial charge in [0, 0.05) is 19.3 Å². The molecule has 1 aliphatic heterocycles. The summed E-state index contributed by atoms with van der Waals surface area (Å²) in [5.41, 5.74) is 1.90. The van der Waals surface area contributed by atoms with E-state index in [2.05, 4.69) is 5.32 Å². The van der Waals surface area contributed by atoms with Crippen molar-refractivity contribution in [3.63, 3.8) is 0 Å². The van der Waals surface area contributed by atoms with E-state index in [0.29, 0.717) is 0 Å². The number of hydrogen-bond acceptors (Lipinski definition) is 2. The van der Waals surface area contributed by atoms with Gasteiger partial charge in [0.15, 0.2) is 0 Å². The number of nitrogens with zero attached hydrogens (tertiary/aromatic N) is 1. The SMILES string of the molecule is Cc1cccc(N(C)C(=O)C2(C)CCNC2)c1.Cl. The summed E-state index contributed by atoms with van der Waals surface area (Å²) in [5.74, 6) is 0.202. The smallest absolute Gasteiger partial charge is 0.233 e. The van der Waals surface area contributed by atoms with Crippen LogP contribution in [0.15, 0.2) is 24.3 Å². The molecule has 0 radical (unpaired) electrons. The average molecular weight is 269 g/mol. The zero-order chi connectivity index (χ0) is 12.5. The topological polar surface area (TPSA) is 32.3 Å². The molecule has 0 saturated carbocycles. The van der Waals surface area contributed by atoms with Crippen molar-refractivity contribution >= 4 is 24.0 Å². The Bertz CT molecular complexity index is 428. The highest BCUT2D eigenvalue weighted by Crippen LogP contribution is 2.29. The number of carbonyl (C=O) groups excluding carboxylic acids is 1. The summed E-state index contributed by atoms with van der Waals surface area (Å²) >= 11 is 0. The number of halogens is 1. The lowest BCUT2D eigenvalue weighted by atomic mass is 9.88. The predicted octanol–water partition coefficient (Wildman–Crippen LogP) is 2.38. The molecule has 1 atom stereocenters. The van der Waals surface area contributed by atoms with Gasteiger partial charge in [0.1, 0.15) is 0 Å². The highest BCUT2D eigenvalue weighted by atomic mass is 35.5. The quantitative estimate of drug-likeness (QED) is 0.893. The molecule has 4 heteroatoms. The van der Waals surface area contributed by atoms with Gasteiger partial charge in [-0.1, -0.05) is 12.1 Å². The Morgan fingerprint density at radius 2 is 2.17 bits per heavy atom. The van der Waals surface area contributed by atoms with Crippen LogP contribution in [0.5, 0.6) is 0 Å². The van der Waals surface area contributed by atoms with Gasteiger partial charge < -0.3 is 10.2 Å². The van der Waals surface area contributed by atoms with Crippen LogP contribution in [0.2, 0.25) is 0 Å². The van der Waals surface area contributed by atoms with Crippen molar-refractivity contribution in [1.29, 1.82) is 0 Å². The Labute approximate surface area is 115 Å². The first kappa shape index (κ1) is 15.0. The van der Waals surface area contributed by atoms with Gasteiger partial charge in [-0.2, -0.15) is 0 Å². The Balaban J connectivity index is 0.00000162. The molecular weight excluding hydrogens is 248 g/mol. The van der Waals surface area contributed by atoms with Crippen LogP contribution in [-0.2, 0) is 4.79 Å². The van der Waals surface area contributed by atoms with E-state index in [1.165, 1.54) is 5.56 Å². The summed E-state index contributed by atoms with van der Waals surface area (Å²) in [7, 11) is 1.86. The molecule has 0 aliphatic carbocycles. The number of rotatable bonds is 2. The van der Waals surface area contributed by atoms with Crippen LogP contribution >= 0.6 is 12.4 Å². The van der Waals surface area contributed by atoms with Crippen LogP contribution in [0.4, 0.5) is 5.69 Å². The van der Waals surface area contributed by atoms with Crippen molar-refractivity contribution in [2.75, 3.05) is 25.0 Å². The first-order valence-corrected chi connectivity index (χ1v) is 6.08. The van der Waals surface area contributed by atoms with E-state index in [9.17, 15) is 4.79 Å². The lowest BCUT2D eigenvalue weighted by molar-refractivity contribution is -0.126. The Morgan fingerprint density at radius 3 is 2.72 bits per heavy atom. The van der Waals surface area contributed by atoms with E-state index in [4.69, 9.17) is 0 Å². The Hall–Kier alpha value is -1.06. The lowest BCUT2D eigenvalue weighted by Crippen LogP contribution is -2.41. The van der Waals surface area contributed by atoms with E-state index in [0.717, 1.165) is 25.2 Å². The number of benzene rings is 1. The predicted molar refractivity (Wildman–Crippen MR) is 77.4 cm³/mol. The molecule has 1 aromatic carbocycles. The van der Waals surface area contributed by atoms with E-state index in [1.807, 2.05) is 45.2 Å². The van der Waals surface area contributed by atoms with Crippen LogP contribution in [0.3, 0.4) is 0 Å². The van der Waals surface area contributed by atoms with E-state index >= 15 is 0 Å². The maximum absolute atomic E-state index is 12.5. The fraction of sp³-hybridized carbons (Fsp3) is 0.500. The zero-order valence-corrected chi connectivity index (χ0v) is 12.0. The van der Waals surface area contributed by atoms with Crippen molar-refractivity contribution in [3.8, 4) is 0 Å². The summed E-state index contributed by atoms with van der Waals surface area (Å²) < 4.78 is 0. The molecule has 1 fully saturated rings. The van der Waals surface area contributed by atoms with E-state index in [1.54, 1.807) is 4.90 Å². The fourth-order valence-electron chi connectivity index (χ4n) is 2.36. The second-order valence-electron chi connectivity index (χ2n) is 5.19. The molecule has 2 rings (SSSR count).